The Morgan fingerprint density at radius 3 is 2.27 bits per heavy atom. The summed E-state index contributed by atoms with van der Waals surface area (Å²) in [6.07, 6.45) is 0. The smallest absolute Gasteiger partial charge is 0.123 e. The second kappa shape index (κ2) is 8.32. The normalized spacial score (nSPS) is 11.4. The zero-order chi connectivity index (χ0) is 15.9. The monoisotopic (exact) mass is 318 g/mol. The minimum Gasteiger partial charge on any atom is -0.308 e. The van der Waals surface area contributed by atoms with E-state index >= 15 is 0 Å². The lowest BCUT2D eigenvalue weighted by molar-refractivity contribution is 0.275. The van der Waals surface area contributed by atoms with Crippen LogP contribution in [0.1, 0.15) is 5.56 Å². The summed E-state index contributed by atoms with van der Waals surface area (Å²) in [5.74, 6) is -0.193. The molecule has 2 nitrogen and oxygen atoms in total. The number of hydrogen-bond acceptors (Lipinski definition) is 3. The third-order valence-corrected chi connectivity index (χ3v) is 4.51. The van der Waals surface area contributed by atoms with Gasteiger partial charge in [0.15, 0.2) is 0 Å². The summed E-state index contributed by atoms with van der Waals surface area (Å²) in [5.41, 5.74) is 1.30. The van der Waals surface area contributed by atoms with E-state index in [1.807, 2.05) is 12.1 Å². The van der Waals surface area contributed by atoms with E-state index in [2.05, 4.69) is 55.2 Å². The van der Waals surface area contributed by atoms with E-state index in [4.69, 9.17) is 0 Å². The van der Waals surface area contributed by atoms with Gasteiger partial charge in [0.05, 0.1) is 0 Å². The summed E-state index contributed by atoms with van der Waals surface area (Å²) in [6, 6.07) is 15.1. The number of halogens is 1. The molecule has 0 aromatic heterocycles. The first-order valence-electron chi connectivity index (χ1n) is 7.39. The van der Waals surface area contributed by atoms with Crippen molar-refractivity contribution >= 4 is 11.8 Å². The second-order valence-electron chi connectivity index (χ2n) is 5.70. The molecule has 2 rings (SSSR count). The highest BCUT2D eigenvalue weighted by Gasteiger charge is 2.07. The van der Waals surface area contributed by atoms with Crippen LogP contribution in [-0.4, -0.2) is 44.0 Å². The molecule has 0 amide bonds. The maximum absolute atomic E-state index is 13.0. The van der Waals surface area contributed by atoms with Crippen LogP contribution in [0.2, 0.25) is 0 Å². The fourth-order valence-corrected chi connectivity index (χ4v) is 3.04. The molecule has 118 valence electrons. The lowest BCUT2D eigenvalue weighted by Crippen LogP contribution is -2.28. The van der Waals surface area contributed by atoms with Crippen LogP contribution in [0.15, 0.2) is 58.3 Å². The Hall–Kier alpha value is -1.36. The Kier molecular flexibility index (Phi) is 6.43. The van der Waals surface area contributed by atoms with Crippen molar-refractivity contribution in [2.45, 2.75) is 16.3 Å². The Labute approximate surface area is 136 Å². The largest absolute Gasteiger partial charge is 0.308 e. The van der Waals surface area contributed by atoms with Crippen LogP contribution >= 0.6 is 11.8 Å². The molecule has 0 unspecified atom stereocenters. The molecule has 0 bridgehead atoms. The van der Waals surface area contributed by atoms with Crippen LogP contribution in [0, 0.1) is 5.82 Å². The van der Waals surface area contributed by atoms with Crippen molar-refractivity contribution in [3.63, 3.8) is 0 Å². The summed E-state index contributed by atoms with van der Waals surface area (Å²) in [7, 11) is 6.32. The Morgan fingerprint density at radius 1 is 0.909 bits per heavy atom. The molecule has 0 radical (unpaired) electrons. The van der Waals surface area contributed by atoms with Crippen molar-refractivity contribution in [1.82, 2.24) is 9.80 Å². The Balaban J connectivity index is 2.04. The minimum absolute atomic E-state index is 0.193. The first-order chi connectivity index (χ1) is 10.5. The number of benzene rings is 2. The van der Waals surface area contributed by atoms with Crippen molar-refractivity contribution < 1.29 is 4.39 Å². The summed E-state index contributed by atoms with van der Waals surface area (Å²) in [4.78, 5) is 6.80. The molecule has 22 heavy (non-hydrogen) atoms. The van der Waals surface area contributed by atoms with Gasteiger partial charge < -0.3 is 9.80 Å². The van der Waals surface area contributed by atoms with Gasteiger partial charge in [-0.15, -0.1) is 0 Å². The fraction of sp³-hybridized carbons (Fsp3) is 0.333. The van der Waals surface area contributed by atoms with Crippen LogP contribution in [0.3, 0.4) is 0 Å². The quantitative estimate of drug-likeness (QED) is 0.763. The summed E-state index contributed by atoms with van der Waals surface area (Å²) in [6.45, 7) is 2.99. The molecular formula is C18H23FN2S. The molecule has 0 heterocycles. The van der Waals surface area contributed by atoms with Gasteiger partial charge in [-0.1, -0.05) is 30.0 Å². The zero-order valence-electron chi connectivity index (χ0n) is 13.4. The van der Waals surface area contributed by atoms with Crippen LogP contribution in [0.4, 0.5) is 4.39 Å². The highest BCUT2D eigenvalue weighted by atomic mass is 32.2. The number of rotatable bonds is 7. The average molecular weight is 318 g/mol. The van der Waals surface area contributed by atoms with Gasteiger partial charge in [-0.2, -0.15) is 0 Å². The van der Waals surface area contributed by atoms with Crippen molar-refractivity contribution in [3.05, 3.63) is 59.9 Å². The van der Waals surface area contributed by atoms with Gasteiger partial charge >= 0.3 is 0 Å². The lowest BCUT2D eigenvalue weighted by atomic mass is 10.2. The molecule has 0 aliphatic carbocycles. The third kappa shape index (κ3) is 5.44. The molecule has 0 aliphatic heterocycles. The standard InChI is InChI=1S/C18H23FN2S/c1-20(2)12-13-21(3)14-15-6-4-5-7-18(15)22-17-10-8-16(19)9-11-17/h4-11H,12-14H2,1-3H3. The number of hydrogen-bond donors (Lipinski definition) is 0. The van der Waals surface area contributed by atoms with Crippen LogP contribution in [0.5, 0.6) is 0 Å². The first-order valence-corrected chi connectivity index (χ1v) is 8.21. The Bertz CT molecular complexity index is 584. The minimum atomic E-state index is -0.193. The van der Waals surface area contributed by atoms with Crippen molar-refractivity contribution in [3.8, 4) is 0 Å². The topological polar surface area (TPSA) is 6.48 Å². The maximum atomic E-state index is 13.0. The molecule has 0 saturated carbocycles. The van der Waals surface area contributed by atoms with E-state index in [1.165, 1.54) is 22.6 Å². The highest BCUT2D eigenvalue weighted by molar-refractivity contribution is 7.99. The van der Waals surface area contributed by atoms with Gasteiger partial charge in [0.1, 0.15) is 5.82 Å². The molecule has 0 saturated heterocycles. The van der Waals surface area contributed by atoms with Crippen molar-refractivity contribution in [1.29, 1.82) is 0 Å². The number of likely N-dealkylation sites (N-methyl/N-ethyl adjacent to an activating group) is 2. The van der Waals surface area contributed by atoms with Gasteiger partial charge in [-0.25, -0.2) is 4.39 Å². The Morgan fingerprint density at radius 2 is 1.59 bits per heavy atom. The molecule has 0 fully saturated rings. The van der Waals surface area contributed by atoms with Crippen molar-refractivity contribution in [2.75, 3.05) is 34.2 Å². The van der Waals surface area contributed by atoms with E-state index in [1.54, 1.807) is 11.8 Å². The van der Waals surface area contributed by atoms with E-state index in [-0.39, 0.29) is 5.82 Å². The predicted molar refractivity (Wildman–Crippen MR) is 91.9 cm³/mol. The molecule has 4 heteroatoms. The summed E-state index contributed by atoms with van der Waals surface area (Å²) < 4.78 is 13.0. The predicted octanol–water partition coefficient (Wildman–Crippen LogP) is 3.97. The zero-order valence-corrected chi connectivity index (χ0v) is 14.2. The molecule has 2 aromatic rings. The average Bonchev–Trinajstić information content (AvgIpc) is 2.49. The molecule has 0 spiro atoms. The molecule has 2 aromatic carbocycles. The SMILES string of the molecule is CN(C)CCN(C)Cc1ccccc1Sc1ccc(F)cc1. The van der Waals surface area contributed by atoms with Crippen LogP contribution in [0.25, 0.3) is 0 Å². The van der Waals surface area contributed by atoms with Gasteiger partial charge in [-0.05, 0) is 57.0 Å². The van der Waals surface area contributed by atoms with E-state index in [9.17, 15) is 4.39 Å². The second-order valence-corrected chi connectivity index (χ2v) is 6.82. The van der Waals surface area contributed by atoms with Crippen molar-refractivity contribution in [2.24, 2.45) is 0 Å². The number of nitrogens with zero attached hydrogens (tertiary/aromatic N) is 2. The fourth-order valence-electron chi connectivity index (χ4n) is 2.10. The molecule has 0 aliphatic rings. The van der Waals surface area contributed by atoms with Gasteiger partial charge in [0, 0.05) is 29.4 Å². The van der Waals surface area contributed by atoms with E-state index in [0.717, 1.165) is 24.5 Å². The van der Waals surface area contributed by atoms with Gasteiger partial charge in [-0.3, -0.25) is 0 Å². The third-order valence-electron chi connectivity index (χ3n) is 3.38. The molecule has 0 atom stereocenters. The maximum Gasteiger partial charge on any atom is 0.123 e. The van der Waals surface area contributed by atoms with E-state index < -0.39 is 0 Å². The summed E-state index contributed by atoms with van der Waals surface area (Å²) in [5, 5.41) is 0. The summed E-state index contributed by atoms with van der Waals surface area (Å²) >= 11 is 1.69. The lowest BCUT2D eigenvalue weighted by Gasteiger charge is -2.20. The van der Waals surface area contributed by atoms with Gasteiger partial charge in [0.2, 0.25) is 0 Å². The molecular weight excluding hydrogens is 295 g/mol. The van der Waals surface area contributed by atoms with Crippen LogP contribution in [-0.2, 0) is 6.54 Å². The van der Waals surface area contributed by atoms with Crippen LogP contribution < -0.4 is 0 Å². The highest BCUT2D eigenvalue weighted by Crippen LogP contribution is 2.31. The van der Waals surface area contributed by atoms with Gasteiger partial charge in [0.25, 0.3) is 0 Å². The van der Waals surface area contributed by atoms with E-state index in [0.29, 0.717) is 0 Å². The molecule has 0 N–H and O–H groups in total. The first kappa shape index (κ1) is 17.0.